The van der Waals surface area contributed by atoms with Crippen molar-refractivity contribution in [1.82, 2.24) is 10.3 Å². The largest absolute Gasteiger partial charge is 0.385 e. The van der Waals surface area contributed by atoms with E-state index in [1.807, 2.05) is 6.92 Å². The number of nitrogens with zero attached hydrogens (tertiary/aromatic N) is 1. The lowest BCUT2D eigenvalue weighted by Gasteiger charge is -2.20. The van der Waals surface area contributed by atoms with Crippen LogP contribution in [0.5, 0.6) is 0 Å². The molecule has 0 aromatic carbocycles. The van der Waals surface area contributed by atoms with E-state index >= 15 is 0 Å². The van der Waals surface area contributed by atoms with Crippen molar-refractivity contribution in [2.75, 3.05) is 20.3 Å². The van der Waals surface area contributed by atoms with Gasteiger partial charge in [-0.25, -0.2) is 0 Å². The molecular weight excluding hydrogens is 212 g/mol. The molecule has 1 unspecified atom stereocenters. The lowest BCUT2D eigenvalue weighted by Crippen LogP contribution is -2.22. The first-order valence-corrected chi connectivity index (χ1v) is 6.35. The maximum absolute atomic E-state index is 5.11. The monoisotopic (exact) mass is 236 g/mol. The molecule has 0 fully saturated rings. The molecule has 0 aliphatic carbocycles. The van der Waals surface area contributed by atoms with Gasteiger partial charge in [0.2, 0.25) is 0 Å². The third-order valence-corrected chi connectivity index (χ3v) is 2.93. The van der Waals surface area contributed by atoms with Gasteiger partial charge in [-0.3, -0.25) is 4.98 Å². The van der Waals surface area contributed by atoms with Crippen molar-refractivity contribution in [2.45, 2.75) is 39.7 Å². The van der Waals surface area contributed by atoms with Gasteiger partial charge in [-0.05, 0) is 44.9 Å². The number of hydrogen-bond donors (Lipinski definition) is 1. The Morgan fingerprint density at radius 1 is 1.35 bits per heavy atom. The van der Waals surface area contributed by atoms with Gasteiger partial charge in [-0.1, -0.05) is 13.0 Å². The summed E-state index contributed by atoms with van der Waals surface area (Å²) in [5.41, 5.74) is 3.53. The molecular formula is C14H24N2O. The molecule has 0 aliphatic heterocycles. The fourth-order valence-corrected chi connectivity index (χ4v) is 2.11. The summed E-state index contributed by atoms with van der Waals surface area (Å²) in [4.78, 5) is 4.53. The molecule has 96 valence electrons. The highest BCUT2D eigenvalue weighted by Crippen LogP contribution is 2.21. The minimum Gasteiger partial charge on any atom is -0.385 e. The molecule has 1 N–H and O–H groups in total. The molecule has 17 heavy (non-hydrogen) atoms. The average molecular weight is 236 g/mol. The first-order valence-electron chi connectivity index (χ1n) is 6.35. The van der Waals surface area contributed by atoms with Gasteiger partial charge in [-0.2, -0.15) is 0 Å². The van der Waals surface area contributed by atoms with Gasteiger partial charge < -0.3 is 10.1 Å². The van der Waals surface area contributed by atoms with Gasteiger partial charge in [-0.15, -0.1) is 0 Å². The molecule has 0 aliphatic rings. The number of aryl methyl sites for hydroxylation is 2. The zero-order valence-corrected chi connectivity index (χ0v) is 11.4. The molecule has 0 spiro atoms. The Hall–Kier alpha value is -0.930. The molecule has 1 aromatic rings. The number of pyridine rings is 1. The predicted molar refractivity (Wildman–Crippen MR) is 71.2 cm³/mol. The van der Waals surface area contributed by atoms with E-state index in [9.17, 15) is 0 Å². The highest BCUT2D eigenvalue weighted by Gasteiger charge is 2.13. The van der Waals surface area contributed by atoms with Gasteiger partial charge in [0.25, 0.3) is 0 Å². The lowest BCUT2D eigenvalue weighted by atomic mass is 10.0. The highest BCUT2D eigenvalue weighted by atomic mass is 16.5. The Bertz CT molecular complexity index is 339. The van der Waals surface area contributed by atoms with Crippen LogP contribution in [-0.4, -0.2) is 25.2 Å². The van der Waals surface area contributed by atoms with E-state index < -0.39 is 0 Å². The minimum absolute atomic E-state index is 0.392. The van der Waals surface area contributed by atoms with Crippen LogP contribution in [-0.2, 0) is 4.74 Å². The second-order valence-corrected chi connectivity index (χ2v) is 4.37. The second kappa shape index (κ2) is 7.41. The molecule has 0 radical (unpaired) electrons. The molecule has 1 rings (SSSR count). The van der Waals surface area contributed by atoms with Crippen LogP contribution in [0.1, 0.15) is 42.8 Å². The van der Waals surface area contributed by atoms with Crippen molar-refractivity contribution in [3.63, 3.8) is 0 Å². The highest BCUT2D eigenvalue weighted by molar-refractivity contribution is 5.25. The Balaban J connectivity index is 2.74. The third kappa shape index (κ3) is 4.44. The summed E-state index contributed by atoms with van der Waals surface area (Å²) in [6.45, 7) is 8.05. The third-order valence-electron chi connectivity index (χ3n) is 2.93. The normalized spacial score (nSPS) is 12.7. The smallest absolute Gasteiger partial charge is 0.0462 e. The van der Waals surface area contributed by atoms with E-state index in [1.54, 1.807) is 7.11 Å². The van der Waals surface area contributed by atoms with Crippen molar-refractivity contribution in [2.24, 2.45) is 0 Å². The molecule has 0 amide bonds. The Labute approximate surface area is 105 Å². The summed E-state index contributed by atoms with van der Waals surface area (Å²) in [5.74, 6) is 0. The van der Waals surface area contributed by atoms with Crippen LogP contribution in [0.4, 0.5) is 0 Å². The number of aromatic nitrogens is 1. The lowest BCUT2D eigenvalue weighted by molar-refractivity contribution is 0.189. The molecule has 1 heterocycles. The predicted octanol–water partition coefficient (Wildman–Crippen LogP) is 2.78. The molecule has 0 saturated carbocycles. The van der Waals surface area contributed by atoms with Gasteiger partial charge in [0, 0.05) is 31.1 Å². The fraction of sp³-hybridized carbons (Fsp3) is 0.643. The van der Waals surface area contributed by atoms with E-state index in [-0.39, 0.29) is 0 Å². The van der Waals surface area contributed by atoms with Crippen LogP contribution >= 0.6 is 0 Å². The zero-order chi connectivity index (χ0) is 12.7. The standard InChI is InChI=1S/C14H24N2O/c1-5-15-14(7-6-10-17-4)13-9-8-11(2)16-12(13)3/h8-9,14-15H,5-7,10H2,1-4H3. The fourth-order valence-electron chi connectivity index (χ4n) is 2.11. The summed E-state index contributed by atoms with van der Waals surface area (Å²) in [6, 6.07) is 4.67. The van der Waals surface area contributed by atoms with Crippen molar-refractivity contribution < 1.29 is 4.74 Å². The summed E-state index contributed by atoms with van der Waals surface area (Å²) < 4.78 is 5.11. The van der Waals surface area contributed by atoms with Gasteiger partial charge in [0.1, 0.15) is 0 Å². The summed E-state index contributed by atoms with van der Waals surface area (Å²) in [6.07, 6.45) is 2.16. The quantitative estimate of drug-likeness (QED) is 0.739. The first kappa shape index (κ1) is 14.1. The van der Waals surface area contributed by atoms with E-state index in [0.29, 0.717) is 6.04 Å². The van der Waals surface area contributed by atoms with Gasteiger partial charge in [0.05, 0.1) is 0 Å². The van der Waals surface area contributed by atoms with Gasteiger partial charge >= 0.3 is 0 Å². The van der Waals surface area contributed by atoms with Crippen LogP contribution in [0.2, 0.25) is 0 Å². The molecule has 0 saturated heterocycles. The van der Waals surface area contributed by atoms with Gasteiger partial charge in [0.15, 0.2) is 0 Å². The summed E-state index contributed by atoms with van der Waals surface area (Å²) >= 11 is 0. The van der Waals surface area contributed by atoms with Crippen LogP contribution in [0.3, 0.4) is 0 Å². The SMILES string of the molecule is CCNC(CCCOC)c1ccc(C)nc1C. The minimum atomic E-state index is 0.392. The van der Waals surface area contributed by atoms with E-state index in [2.05, 4.69) is 36.3 Å². The number of ether oxygens (including phenoxy) is 1. The summed E-state index contributed by atoms with van der Waals surface area (Å²) in [5, 5.41) is 3.52. The first-order chi connectivity index (χ1) is 8.19. The Morgan fingerprint density at radius 3 is 2.71 bits per heavy atom. The van der Waals surface area contributed by atoms with Crippen LogP contribution in [0, 0.1) is 13.8 Å². The maximum atomic E-state index is 5.11. The Morgan fingerprint density at radius 2 is 2.12 bits per heavy atom. The molecule has 1 aromatic heterocycles. The van der Waals surface area contributed by atoms with E-state index in [1.165, 1.54) is 5.56 Å². The number of hydrogen-bond acceptors (Lipinski definition) is 3. The number of rotatable bonds is 7. The molecule has 3 heteroatoms. The summed E-state index contributed by atoms with van der Waals surface area (Å²) in [7, 11) is 1.75. The topological polar surface area (TPSA) is 34.1 Å². The van der Waals surface area contributed by atoms with Crippen molar-refractivity contribution in [3.05, 3.63) is 29.1 Å². The molecule has 3 nitrogen and oxygen atoms in total. The number of methoxy groups -OCH3 is 1. The van der Waals surface area contributed by atoms with Crippen molar-refractivity contribution >= 4 is 0 Å². The van der Waals surface area contributed by atoms with Crippen molar-refractivity contribution in [1.29, 1.82) is 0 Å². The molecule has 0 bridgehead atoms. The average Bonchev–Trinajstić information content (AvgIpc) is 2.28. The van der Waals surface area contributed by atoms with E-state index in [0.717, 1.165) is 37.4 Å². The Kier molecular flexibility index (Phi) is 6.16. The van der Waals surface area contributed by atoms with E-state index in [4.69, 9.17) is 4.74 Å². The van der Waals surface area contributed by atoms with Crippen LogP contribution in [0.25, 0.3) is 0 Å². The van der Waals surface area contributed by atoms with Crippen molar-refractivity contribution in [3.8, 4) is 0 Å². The van der Waals surface area contributed by atoms with Crippen LogP contribution in [0.15, 0.2) is 12.1 Å². The number of nitrogens with one attached hydrogen (secondary N) is 1. The molecule has 1 atom stereocenters. The zero-order valence-electron chi connectivity index (χ0n) is 11.4. The second-order valence-electron chi connectivity index (χ2n) is 4.37. The maximum Gasteiger partial charge on any atom is 0.0462 e. The van der Waals surface area contributed by atoms with Crippen LogP contribution < -0.4 is 5.32 Å².